The van der Waals surface area contributed by atoms with Gasteiger partial charge in [-0.05, 0) is 18.9 Å². The molecule has 0 N–H and O–H groups in total. The first-order chi connectivity index (χ1) is 4.33. The van der Waals surface area contributed by atoms with Crippen LogP contribution in [0.5, 0.6) is 0 Å². The van der Waals surface area contributed by atoms with Crippen LogP contribution < -0.4 is 0 Å². The van der Waals surface area contributed by atoms with Crippen molar-refractivity contribution >= 4 is 0 Å². The van der Waals surface area contributed by atoms with E-state index in [-0.39, 0.29) is 0 Å². The number of hydrogen-bond donors (Lipinski definition) is 0. The third-order valence-electron chi connectivity index (χ3n) is 1.90. The Balaban J connectivity index is 2.23. The fraction of sp³-hybridized carbons (Fsp3) is 0.750. The monoisotopic (exact) mass is 125 g/mol. The highest BCUT2D eigenvalue weighted by Crippen LogP contribution is 2.15. The van der Waals surface area contributed by atoms with Crippen molar-refractivity contribution in [2.45, 2.75) is 19.8 Å². The van der Waals surface area contributed by atoms with E-state index >= 15 is 0 Å². The molecule has 1 aliphatic heterocycles. The number of nitrogens with zero attached hydrogens (tertiary/aromatic N) is 1. The van der Waals surface area contributed by atoms with E-state index in [0.29, 0.717) is 0 Å². The standard InChI is InChI=1S/C8H15N/c1-3-9-6-4-5-8(2)7-9/h2-7H2,1H3. The zero-order chi connectivity index (χ0) is 6.69. The molecule has 0 aliphatic carbocycles. The first kappa shape index (κ1) is 6.94. The van der Waals surface area contributed by atoms with Gasteiger partial charge in [-0.1, -0.05) is 6.92 Å². The smallest absolute Gasteiger partial charge is 0.112 e. The van der Waals surface area contributed by atoms with Crippen LogP contribution in [0.2, 0.25) is 0 Å². The van der Waals surface area contributed by atoms with Crippen molar-refractivity contribution in [2.24, 2.45) is 0 Å². The second-order valence-electron chi connectivity index (χ2n) is 2.72. The van der Waals surface area contributed by atoms with E-state index in [1.165, 1.54) is 31.8 Å². The van der Waals surface area contributed by atoms with Crippen molar-refractivity contribution in [3.63, 3.8) is 0 Å². The largest absolute Gasteiger partial charge is 0.268 e. The molecule has 1 nitrogen and oxygen atoms in total. The quantitative estimate of drug-likeness (QED) is 0.480. The predicted molar refractivity (Wildman–Crippen MR) is 39.9 cm³/mol. The highest BCUT2D eigenvalue weighted by molar-refractivity contribution is 4.98. The Morgan fingerprint density at radius 3 is 2.89 bits per heavy atom. The summed E-state index contributed by atoms with van der Waals surface area (Å²) < 4.78 is 0. The van der Waals surface area contributed by atoms with Crippen molar-refractivity contribution in [3.8, 4) is 0 Å². The number of piperidine rings is 1. The highest BCUT2D eigenvalue weighted by atomic mass is 15.1. The van der Waals surface area contributed by atoms with Crippen LogP contribution in [0, 0.1) is 12.8 Å². The first-order valence-electron chi connectivity index (χ1n) is 3.72. The lowest BCUT2D eigenvalue weighted by atomic mass is 10.0. The van der Waals surface area contributed by atoms with Crippen LogP contribution in [-0.2, 0) is 0 Å². The van der Waals surface area contributed by atoms with Gasteiger partial charge in [0, 0.05) is 6.54 Å². The highest BCUT2D eigenvalue weighted by Gasteiger charge is 2.17. The fourth-order valence-electron chi connectivity index (χ4n) is 1.30. The molecule has 1 heterocycles. The summed E-state index contributed by atoms with van der Waals surface area (Å²) in [5.41, 5.74) is 0. The van der Waals surface area contributed by atoms with Gasteiger partial charge in [0.1, 0.15) is 6.54 Å². The van der Waals surface area contributed by atoms with Crippen LogP contribution in [-0.4, -0.2) is 24.5 Å². The van der Waals surface area contributed by atoms with Gasteiger partial charge in [0.15, 0.2) is 0 Å². The van der Waals surface area contributed by atoms with Crippen LogP contribution in [0.1, 0.15) is 19.8 Å². The van der Waals surface area contributed by atoms with Gasteiger partial charge in [-0.3, -0.25) is 4.90 Å². The van der Waals surface area contributed by atoms with Crippen LogP contribution in [0.3, 0.4) is 0 Å². The zero-order valence-corrected chi connectivity index (χ0v) is 6.19. The SMILES string of the molecule is [CH2-][C+]1CCCN(CC)C1. The maximum Gasteiger partial charge on any atom is 0.112 e. The summed E-state index contributed by atoms with van der Waals surface area (Å²) in [6, 6.07) is 0. The number of rotatable bonds is 1. The van der Waals surface area contributed by atoms with E-state index in [1.807, 2.05) is 0 Å². The molecule has 0 amide bonds. The van der Waals surface area contributed by atoms with E-state index in [1.54, 1.807) is 0 Å². The number of likely N-dealkylation sites (tertiary alicyclic amines) is 1. The normalized spacial score (nSPS) is 22.7. The van der Waals surface area contributed by atoms with Gasteiger partial charge < -0.3 is 0 Å². The molecule has 0 atom stereocenters. The molecule has 0 unspecified atom stereocenters. The fourth-order valence-corrected chi connectivity index (χ4v) is 1.30. The maximum absolute atomic E-state index is 3.97. The molecule has 0 saturated carbocycles. The second-order valence-corrected chi connectivity index (χ2v) is 2.72. The van der Waals surface area contributed by atoms with Crippen molar-refractivity contribution in [2.75, 3.05) is 19.6 Å². The van der Waals surface area contributed by atoms with Gasteiger partial charge in [0.05, 0.1) is 6.42 Å². The lowest BCUT2D eigenvalue weighted by Gasteiger charge is -2.25. The van der Waals surface area contributed by atoms with Crippen molar-refractivity contribution in [1.29, 1.82) is 0 Å². The van der Waals surface area contributed by atoms with E-state index in [0.717, 1.165) is 6.54 Å². The van der Waals surface area contributed by atoms with Crippen LogP contribution in [0.15, 0.2) is 0 Å². The molecule has 1 saturated heterocycles. The Morgan fingerprint density at radius 2 is 2.44 bits per heavy atom. The summed E-state index contributed by atoms with van der Waals surface area (Å²) in [5.74, 6) is 1.41. The van der Waals surface area contributed by atoms with Crippen molar-refractivity contribution in [3.05, 3.63) is 12.8 Å². The topological polar surface area (TPSA) is 3.24 Å². The number of hydrogen-bond acceptors (Lipinski definition) is 1. The minimum Gasteiger partial charge on any atom is -0.268 e. The van der Waals surface area contributed by atoms with Gasteiger partial charge in [-0.15, -0.1) is 6.92 Å². The molecule has 0 spiro atoms. The average Bonchev–Trinajstić information content (AvgIpc) is 1.88. The summed E-state index contributed by atoms with van der Waals surface area (Å²) in [6.45, 7) is 9.77. The lowest BCUT2D eigenvalue weighted by Crippen LogP contribution is -2.33. The molecular formula is C8H15N. The van der Waals surface area contributed by atoms with Gasteiger partial charge in [-0.25, -0.2) is 0 Å². The van der Waals surface area contributed by atoms with Crippen molar-refractivity contribution in [1.82, 2.24) is 4.90 Å². The van der Waals surface area contributed by atoms with E-state index in [2.05, 4.69) is 18.7 Å². The first-order valence-corrected chi connectivity index (χ1v) is 3.72. The molecule has 1 fully saturated rings. The molecule has 1 heteroatoms. The van der Waals surface area contributed by atoms with Gasteiger partial charge in [0.2, 0.25) is 0 Å². The summed E-state index contributed by atoms with van der Waals surface area (Å²) in [5, 5.41) is 0. The minimum absolute atomic E-state index is 1.14. The van der Waals surface area contributed by atoms with E-state index in [9.17, 15) is 0 Å². The van der Waals surface area contributed by atoms with Gasteiger partial charge >= 0.3 is 0 Å². The Labute approximate surface area is 58.0 Å². The van der Waals surface area contributed by atoms with Gasteiger partial charge in [0.25, 0.3) is 0 Å². The van der Waals surface area contributed by atoms with E-state index < -0.39 is 0 Å². The maximum atomic E-state index is 3.97. The second kappa shape index (κ2) is 3.11. The van der Waals surface area contributed by atoms with E-state index in [4.69, 9.17) is 0 Å². The van der Waals surface area contributed by atoms with Crippen LogP contribution in [0.4, 0.5) is 0 Å². The Bertz CT molecular complexity index is 80.6. The average molecular weight is 125 g/mol. The Hall–Kier alpha value is -0.170. The molecule has 0 radical (unpaired) electrons. The summed E-state index contributed by atoms with van der Waals surface area (Å²) >= 11 is 0. The summed E-state index contributed by atoms with van der Waals surface area (Å²) in [7, 11) is 0. The molecule has 52 valence electrons. The molecular weight excluding hydrogens is 110 g/mol. The molecule has 0 aromatic carbocycles. The molecule has 0 bridgehead atoms. The third-order valence-corrected chi connectivity index (χ3v) is 1.90. The zero-order valence-electron chi connectivity index (χ0n) is 6.19. The predicted octanol–water partition coefficient (Wildman–Crippen LogP) is 1.51. The van der Waals surface area contributed by atoms with Crippen LogP contribution >= 0.6 is 0 Å². The van der Waals surface area contributed by atoms with Crippen molar-refractivity contribution < 1.29 is 0 Å². The minimum atomic E-state index is 1.14. The molecule has 1 rings (SSSR count). The molecule has 0 aromatic rings. The Morgan fingerprint density at radius 1 is 1.67 bits per heavy atom. The molecule has 1 aliphatic rings. The third kappa shape index (κ3) is 1.90. The lowest BCUT2D eigenvalue weighted by molar-refractivity contribution is 0.263. The molecule has 0 aromatic heterocycles. The summed E-state index contributed by atoms with van der Waals surface area (Å²) in [4.78, 5) is 2.44. The molecule has 9 heavy (non-hydrogen) atoms. The summed E-state index contributed by atoms with van der Waals surface area (Å²) in [6.07, 6.45) is 2.56. The van der Waals surface area contributed by atoms with Crippen LogP contribution in [0.25, 0.3) is 0 Å². The Kier molecular flexibility index (Phi) is 2.40. The van der Waals surface area contributed by atoms with Gasteiger partial charge in [-0.2, -0.15) is 0 Å².